The monoisotopic (exact) mass is 219 g/mol. The van der Waals surface area contributed by atoms with E-state index in [2.05, 4.69) is 22.2 Å². The van der Waals surface area contributed by atoms with Gasteiger partial charge in [0.1, 0.15) is 0 Å². The molecule has 0 aliphatic carbocycles. The van der Waals surface area contributed by atoms with E-state index in [1.54, 1.807) is 0 Å². The van der Waals surface area contributed by atoms with Crippen molar-refractivity contribution in [3.05, 3.63) is 28.7 Å². The first-order chi connectivity index (χ1) is 7.79. The number of imidazole rings is 1. The molecular formula is C12H17N3O. The Bertz CT molecular complexity index is 512. The van der Waals surface area contributed by atoms with E-state index in [-0.39, 0.29) is 5.69 Å². The zero-order chi connectivity index (χ0) is 11.4. The van der Waals surface area contributed by atoms with E-state index in [1.165, 1.54) is 19.3 Å². The van der Waals surface area contributed by atoms with Gasteiger partial charge >= 0.3 is 5.69 Å². The highest BCUT2D eigenvalue weighted by molar-refractivity contribution is 5.78. The number of aromatic amines is 2. The zero-order valence-electron chi connectivity index (χ0n) is 9.47. The number of hydrogen-bond donors (Lipinski definition) is 3. The quantitative estimate of drug-likeness (QED) is 0.676. The highest BCUT2D eigenvalue weighted by Crippen LogP contribution is 2.14. The summed E-state index contributed by atoms with van der Waals surface area (Å²) in [5.74, 6) is 0. The van der Waals surface area contributed by atoms with Crippen molar-refractivity contribution < 1.29 is 0 Å². The molecule has 0 bridgehead atoms. The Kier molecular flexibility index (Phi) is 3.29. The largest absolute Gasteiger partial charge is 0.385 e. The average molecular weight is 219 g/mol. The van der Waals surface area contributed by atoms with Crippen LogP contribution in [0.1, 0.15) is 26.2 Å². The zero-order valence-corrected chi connectivity index (χ0v) is 9.47. The summed E-state index contributed by atoms with van der Waals surface area (Å²) < 4.78 is 0. The molecule has 0 unspecified atom stereocenters. The number of rotatable bonds is 5. The summed E-state index contributed by atoms with van der Waals surface area (Å²) >= 11 is 0. The summed E-state index contributed by atoms with van der Waals surface area (Å²) in [7, 11) is 0. The fourth-order valence-corrected chi connectivity index (χ4v) is 1.75. The molecule has 1 aromatic heterocycles. The second-order valence-corrected chi connectivity index (χ2v) is 3.97. The van der Waals surface area contributed by atoms with Gasteiger partial charge in [0.05, 0.1) is 11.0 Å². The average Bonchev–Trinajstić information content (AvgIpc) is 2.64. The SMILES string of the molecule is CCCCCNc1ccc2[nH]c(=O)[nH]c2c1. The van der Waals surface area contributed by atoms with Crippen LogP contribution in [0.15, 0.2) is 23.0 Å². The van der Waals surface area contributed by atoms with E-state index in [0.717, 1.165) is 23.3 Å². The molecule has 0 atom stereocenters. The van der Waals surface area contributed by atoms with Gasteiger partial charge in [-0.25, -0.2) is 4.79 Å². The van der Waals surface area contributed by atoms with Gasteiger partial charge in [-0.2, -0.15) is 0 Å². The number of nitrogens with one attached hydrogen (secondary N) is 3. The minimum absolute atomic E-state index is 0.155. The lowest BCUT2D eigenvalue weighted by Crippen LogP contribution is -2.00. The molecule has 0 saturated heterocycles. The van der Waals surface area contributed by atoms with Crippen molar-refractivity contribution >= 4 is 16.7 Å². The second kappa shape index (κ2) is 4.88. The van der Waals surface area contributed by atoms with Crippen molar-refractivity contribution in [2.45, 2.75) is 26.2 Å². The molecule has 4 nitrogen and oxygen atoms in total. The van der Waals surface area contributed by atoms with Crippen LogP contribution in [0.2, 0.25) is 0 Å². The Hall–Kier alpha value is -1.71. The van der Waals surface area contributed by atoms with Crippen LogP contribution in [0.4, 0.5) is 5.69 Å². The van der Waals surface area contributed by atoms with E-state index in [4.69, 9.17) is 0 Å². The van der Waals surface area contributed by atoms with Crippen LogP contribution >= 0.6 is 0 Å². The molecule has 1 heterocycles. The molecule has 0 aliphatic heterocycles. The van der Waals surface area contributed by atoms with Gasteiger partial charge in [-0.15, -0.1) is 0 Å². The predicted octanol–water partition coefficient (Wildman–Crippen LogP) is 2.46. The Morgan fingerprint density at radius 3 is 2.81 bits per heavy atom. The van der Waals surface area contributed by atoms with Crippen molar-refractivity contribution in [3.8, 4) is 0 Å². The van der Waals surface area contributed by atoms with Gasteiger partial charge in [-0.1, -0.05) is 19.8 Å². The molecule has 4 heteroatoms. The number of anilines is 1. The maximum absolute atomic E-state index is 11.1. The van der Waals surface area contributed by atoms with Gasteiger partial charge < -0.3 is 15.3 Å². The van der Waals surface area contributed by atoms with Crippen molar-refractivity contribution in [3.63, 3.8) is 0 Å². The fourth-order valence-electron chi connectivity index (χ4n) is 1.75. The van der Waals surface area contributed by atoms with Crippen LogP contribution in [0.25, 0.3) is 11.0 Å². The molecule has 2 aromatic rings. The Morgan fingerprint density at radius 2 is 2.00 bits per heavy atom. The van der Waals surface area contributed by atoms with Crippen LogP contribution in [0.5, 0.6) is 0 Å². The standard InChI is InChI=1S/C12H17N3O/c1-2-3-4-7-13-9-5-6-10-11(8-9)15-12(16)14-10/h5-6,8,13H,2-4,7H2,1H3,(H2,14,15,16). The van der Waals surface area contributed by atoms with E-state index in [1.807, 2.05) is 18.2 Å². The molecule has 1 aromatic carbocycles. The maximum atomic E-state index is 11.1. The number of H-pyrrole nitrogens is 2. The van der Waals surface area contributed by atoms with Crippen LogP contribution in [0, 0.1) is 0 Å². The second-order valence-electron chi connectivity index (χ2n) is 3.97. The van der Waals surface area contributed by atoms with E-state index in [9.17, 15) is 4.79 Å². The lowest BCUT2D eigenvalue weighted by atomic mass is 10.2. The summed E-state index contributed by atoms with van der Waals surface area (Å²) in [6.45, 7) is 3.17. The topological polar surface area (TPSA) is 60.7 Å². The lowest BCUT2D eigenvalue weighted by Gasteiger charge is -2.05. The number of unbranched alkanes of at least 4 members (excludes halogenated alkanes) is 2. The Balaban J connectivity index is 2.04. The van der Waals surface area contributed by atoms with Crippen LogP contribution in [-0.4, -0.2) is 16.5 Å². The number of fused-ring (bicyclic) bond motifs is 1. The number of benzene rings is 1. The van der Waals surface area contributed by atoms with E-state index >= 15 is 0 Å². The molecule has 0 fully saturated rings. The molecular weight excluding hydrogens is 202 g/mol. The molecule has 0 spiro atoms. The van der Waals surface area contributed by atoms with Crippen molar-refractivity contribution in [1.29, 1.82) is 0 Å². The van der Waals surface area contributed by atoms with Crippen molar-refractivity contribution in [1.82, 2.24) is 9.97 Å². The normalized spacial score (nSPS) is 10.8. The van der Waals surface area contributed by atoms with Gasteiger partial charge in [0, 0.05) is 12.2 Å². The van der Waals surface area contributed by atoms with Crippen LogP contribution < -0.4 is 11.0 Å². The predicted molar refractivity (Wildman–Crippen MR) is 66.9 cm³/mol. The molecule has 0 radical (unpaired) electrons. The Morgan fingerprint density at radius 1 is 1.19 bits per heavy atom. The van der Waals surface area contributed by atoms with Gasteiger partial charge in [-0.05, 0) is 24.6 Å². The van der Waals surface area contributed by atoms with Crippen LogP contribution in [-0.2, 0) is 0 Å². The summed E-state index contributed by atoms with van der Waals surface area (Å²) in [6.07, 6.45) is 3.65. The van der Waals surface area contributed by atoms with Crippen LogP contribution in [0.3, 0.4) is 0 Å². The molecule has 86 valence electrons. The van der Waals surface area contributed by atoms with Gasteiger partial charge in [-0.3, -0.25) is 0 Å². The van der Waals surface area contributed by atoms with Crippen molar-refractivity contribution in [2.75, 3.05) is 11.9 Å². The third-order valence-corrected chi connectivity index (χ3v) is 2.63. The Labute approximate surface area is 94.1 Å². The summed E-state index contributed by atoms with van der Waals surface area (Å²) in [5.41, 5.74) is 2.60. The van der Waals surface area contributed by atoms with E-state index in [0.29, 0.717) is 0 Å². The fraction of sp³-hybridized carbons (Fsp3) is 0.417. The third-order valence-electron chi connectivity index (χ3n) is 2.63. The van der Waals surface area contributed by atoms with Gasteiger partial charge in [0.15, 0.2) is 0 Å². The lowest BCUT2D eigenvalue weighted by molar-refractivity contribution is 0.744. The van der Waals surface area contributed by atoms with Gasteiger partial charge in [0.2, 0.25) is 0 Å². The molecule has 16 heavy (non-hydrogen) atoms. The first-order valence-corrected chi connectivity index (χ1v) is 5.75. The minimum Gasteiger partial charge on any atom is -0.385 e. The third kappa shape index (κ3) is 2.45. The molecule has 0 saturated carbocycles. The molecule has 0 amide bonds. The molecule has 3 N–H and O–H groups in total. The highest BCUT2D eigenvalue weighted by atomic mass is 16.1. The summed E-state index contributed by atoms with van der Waals surface area (Å²) in [4.78, 5) is 16.5. The summed E-state index contributed by atoms with van der Waals surface area (Å²) in [6, 6.07) is 5.85. The first kappa shape index (κ1) is 10.8. The summed E-state index contributed by atoms with van der Waals surface area (Å²) in [5, 5.41) is 3.34. The number of hydrogen-bond acceptors (Lipinski definition) is 2. The minimum atomic E-state index is -0.155. The van der Waals surface area contributed by atoms with Gasteiger partial charge in [0.25, 0.3) is 0 Å². The maximum Gasteiger partial charge on any atom is 0.323 e. The molecule has 0 aliphatic rings. The first-order valence-electron chi connectivity index (χ1n) is 5.75. The smallest absolute Gasteiger partial charge is 0.323 e. The van der Waals surface area contributed by atoms with E-state index < -0.39 is 0 Å². The molecule has 2 rings (SSSR count). The van der Waals surface area contributed by atoms with Crippen molar-refractivity contribution in [2.24, 2.45) is 0 Å². The highest BCUT2D eigenvalue weighted by Gasteiger charge is 1.98. The number of aromatic nitrogens is 2.